The van der Waals surface area contributed by atoms with Gasteiger partial charge in [-0.15, -0.1) is 0 Å². The van der Waals surface area contributed by atoms with Gasteiger partial charge in [-0.1, -0.05) is 40.7 Å². The molecule has 1 rings (SSSR count). The van der Waals surface area contributed by atoms with Crippen LogP contribution in [0.25, 0.3) is 0 Å². The summed E-state index contributed by atoms with van der Waals surface area (Å²) in [4.78, 5) is 49.9. The Morgan fingerprint density at radius 2 is 1.24 bits per heavy atom. The largest absolute Gasteiger partial charge is 0.514 e. The Labute approximate surface area is 248 Å². The van der Waals surface area contributed by atoms with E-state index in [1.54, 1.807) is 27.7 Å². The van der Waals surface area contributed by atoms with Crippen LogP contribution in [0.5, 0.6) is 11.5 Å². The highest BCUT2D eigenvalue weighted by atomic mass is 16.8. The number of ether oxygens (including phenoxy) is 7. The van der Waals surface area contributed by atoms with Crippen LogP contribution in [0.15, 0.2) is 18.2 Å². The Kier molecular flexibility index (Phi) is 14.6. The van der Waals surface area contributed by atoms with E-state index in [2.05, 4.69) is 0 Å². The summed E-state index contributed by atoms with van der Waals surface area (Å²) in [5, 5.41) is 0. The van der Waals surface area contributed by atoms with E-state index in [0.717, 1.165) is 0 Å². The predicted molar refractivity (Wildman–Crippen MR) is 153 cm³/mol. The van der Waals surface area contributed by atoms with Gasteiger partial charge in [0.1, 0.15) is 30.0 Å². The summed E-state index contributed by atoms with van der Waals surface area (Å²) in [6, 6.07) is 4.31. The number of carbonyl (C=O) groups is 4. The molecule has 3 unspecified atom stereocenters. The Balaban J connectivity index is 3.28. The van der Waals surface area contributed by atoms with Crippen LogP contribution in [0.1, 0.15) is 80.7 Å². The first kappa shape index (κ1) is 36.5. The lowest BCUT2D eigenvalue weighted by molar-refractivity contribution is -0.148. The number of methoxy groups -OCH3 is 1. The summed E-state index contributed by atoms with van der Waals surface area (Å²) >= 11 is 0. The maximum Gasteiger partial charge on any atom is 0.514 e. The molecule has 2 N–H and O–H groups in total. The second-order valence-electron chi connectivity index (χ2n) is 11.2. The molecule has 1 aromatic rings. The Morgan fingerprint density at radius 3 is 1.71 bits per heavy atom. The number of nitrogens with two attached hydrogens (primary N) is 1. The molecule has 1 aromatic carbocycles. The van der Waals surface area contributed by atoms with E-state index in [1.165, 1.54) is 25.3 Å². The molecule has 0 amide bonds. The highest BCUT2D eigenvalue weighted by molar-refractivity contribution is 5.81. The molecule has 12 nitrogen and oxygen atoms in total. The third-order valence-electron chi connectivity index (χ3n) is 6.77. The summed E-state index contributed by atoms with van der Waals surface area (Å²) in [6.07, 6.45) is -4.54. The molecule has 0 aliphatic rings. The number of hydrogen-bond donors (Lipinski definition) is 1. The van der Waals surface area contributed by atoms with Crippen molar-refractivity contribution in [3.63, 3.8) is 0 Å². The van der Waals surface area contributed by atoms with Gasteiger partial charge in [-0.25, -0.2) is 14.4 Å². The molecule has 0 aromatic heterocycles. The molecule has 238 valence electrons. The topological polar surface area (TPSA) is 159 Å². The standard InChI is InChI=1S/C30H47NO11/c1-11-19(6)37-27(33)38-20(7)15-30(31,26(32)36-10)16-23-12-13-24(41-28(34)39-21(8)17(2)3)25(14-23)42-29(35)40-22(9)18(4)5/h12-14,17-22H,11,15-16,31H2,1-10H3/t19-,20-,21?,22?,30?/m0/s1. The second-order valence-corrected chi connectivity index (χ2v) is 11.2. The van der Waals surface area contributed by atoms with Crippen LogP contribution in [-0.2, 0) is 34.9 Å². The number of benzene rings is 1. The lowest BCUT2D eigenvalue weighted by Crippen LogP contribution is -2.53. The fourth-order valence-electron chi connectivity index (χ4n) is 3.42. The van der Waals surface area contributed by atoms with Gasteiger partial charge in [0, 0.05) is 12.8 Å². The van der Waals surface area contributed by atoms with Crippen molar-refractivity contribution in [2.24, 2.45) is 17.6 Å². The minimum Gasteiger partial charge on any atom is -0.468 e. The van der Waals surface area contributed by atoms with Crippen molar-refractivity contribution in [2.45, 2.75) is 112 Å². The van der Waals surface area contributed by atoms with E-state index in [1.807, 2.05) is 34.6 Å². The second kappa shape index (κ2) is 16.8. The number of carbonyl (C=O) groups excluding carboxylic acids is 4. The van der Waals surface area contributed by atoms with Gasteiger partial charge in [-0.3, -0.25) is 4.79 Å². The highest BCUT2D eigenvalue weighted by Crippen LogP contribution is 2.32. The fourth-order valence-corrected chi connectivity index (χ4v) is 3.42. The Hall–Kier alpha value is -3.54. The average Bonchev–Trinajstić information content (AvgIpc) is 2.88. The van der Waals surface area contributed by atoms with E-state index >= 15 is 0 Å². The van der Waals surface area contributed by atoms with Crippen molar-refractivity contribution in [1.29, 1.82) is 0 Å². The average molecular weight is 598 g/mol. The van der Waals surface area contributed by atoms with Crippen molar-refractivity contribution in [1.82, 2.24) is 0 Å². The number of rotatable bonds is 14. The third kappa shape index (κ3) is 12.1. The summed E-state index contributed by atoms with van der Waals surface area (Å²) in [7, 11) is 1.19. The molecule has 0 aliphatic heterocycles. The van der Waals surface area contributed by atoms with E-state index in [4.69, 9.17) is 38.9 Å². The monoisotopic (exact) mass is 597 g/mol. The van der Waals surface area contributed by atoms with Gasteiger partial charge in [-0.2, -0.15) is 0 Å². The quantitative estimate of drug-likeness (QED) is 0.153. The first-order chi connectivity index (χ1) is 19.5. The minimum absolute atomic E-state index is 0.0247. The third-order valence-corrected chi connectivity index (χ3v) is 6.77. The molecule has 0 saturated carbocycles. The highest BCUT2D eigenvalue weighted by Gasteiger charge is 2.38. The van der Waals surface area contributed by atoms with Gasteiger partial charge in [0.15, 0.2) is 11.5 Å². The van der Waals surface area contributed by atoms with E-state index in [9.17, 15) is 19.2 Å². The zero-order chi connectivity index (χ0) is 32.2. The van der Waals surface area contributed by atoms with Gasteiger partial charge >= 0.3 is 24.4 Å². The predicted octanol–water partition coefficient (Wildman–Crippen LogP) is 5.95. The van der Waals surface area contributed by atoms with Gasteiger partial charge < -0.3 is 38.9 Å². The molecule has 0 aliphatic carbocycles. The Morgan fingerprint density at radius 1 is 0.738 bits per heavy atom. The van der Waals surface area contributed by atoms with Crippen LogP contribution in [0.3, 0.4) is 0 Å². The number of esters is 1. The molecule has 12 heteroatoms. The molecular weight excluding hydrogens is 550 g/mol. The molecule has 5 atom stereocenters. The van der Waals surface area contributed by atoms with E-state index < -0.39 is 48.3 Å². The molecule has 0 spiro atoms. The van der Waals surface area contributed by atoms with E-state index in [-0.39, 0.29) is 42.3 Å². The van der Waals surface area contributed by atoms with Gasteiger partial charge in [0.25, 0.3) is 0 Å². The number of hydrogen-bond acceptors (Lipinski definition) is 12. The van der Waals surface area contributed by atoms with Crippen LogP contribution in [-0.4, -0.2) is 61.5 Å². The smallest absolute Gasteiger partial charge is 0.468 e. The van der Waals surface area contributed by atoms with Crippen molar-refractivity contribution in [3.05, 3.63) is 23.8 Å². The SMILES string of the molecule is CC[C@H](C)OC(=O)O[C@@H](C)CC(N)(Cc1ccc(OC(=O)OC(C)C(C)C)c(OC(=O)OC(C)C(C)C)c1)C(=O)OC. The summed E-state index contributed by atoms with van der Waals surface area (Å²) < 4.78 is 36.7. The zero-order valence-corrected chi connectivity index (χ0v) is 26.4. The first-order valence-electron chi connectivity index (χ1n) is 14.2. The van der Waals surface area contributed by atoms with Crippen LogP contribution >= 0.6 is 0 Å². The molecule has 0 saturated heterocycles. The first-order valence-corrected chi connectivity index (χ1v) is 14.2. The lowest BCUT2D eigenvalue weighted by Gasteiger charge is -2.29. The normalized spacial score (nSPS) is 15.5. The van der Waals surface area contributed by atoms with Crippen molar-refractivity contribution in [2.75, 3.05) is 7.11 Å². The lowest BCUT2D eigenvalue weighted by atomic mass is 9.86. The molecule has 42 heavy (non-hydrogen) atoms. The zero-order valence-electron chi connectivity index (χ0n) is 26.4. The molecule has 0 bridgehead atoms. The van der Waals surface area contributed by atoms with Crippen LogP contribution in [0.4, 0.5) is 14.4 Å². The van der Waals surface area contributed by atoms with Crippen molar-refractivity contribution >= 4 is 24.4 Å². The Bertz CT molecular complexity index is 1060. The molecule has 0 heterocycles. The van der Waals surface area contributed by atoms with Crippen molar-refractivity contribution in [3.8, 4) is 11.5 Å². The maximum atomic E-state index is 12.8. The molecular formula is C30H47NO11. The summed E-state index contributed by atoms with van der Waals surface area (Å²) in [5.74, 6) is -0.957. The van der Waals surface area contributed by atoms with E-state index in [0.29, 0.717) is 12.0 Å². The van der Waals surface area contributed by atoms with Crippen LogP contribution in [0.2, 0.25) is 0 Å². The minimum atomic E-state index is -1.65. The van der Waals surface area contributed by atoms with Crippen LogP contribution < -0.4 is 15.2 Å². The fraction of sp³-hybridized carbons (Fsp3) is 0.667. The van der Waals surface area contributed by atoms with Gasteiger partial charge in [0.2, 0.25) is 0 Å². The maximum absolute atomic E-state index is 12.8. The van der Waals surface area contributed by atoms with Crippen LogP contribution in [0, 0.1) is 11.8 Å². The summed E-state index contributed by atoms with van der Waals surface area (Å²) in [5.41, 5.74) is 5.27. The van der Waals surface area contributed by atoms with Crippen molar-refractivity contribution < 1.29 is 52.3 Å². The summed E-state index contributed by atoms with van der Waals surface area (Å²) in [6.45, 7) is 16.1. The molecule has 0 fully saturated rings. The molecule has 0 radical (unpaired) electrons. The van der Waals surface area contributed by atoms with Gasteiger partial charge in [-0.05, 0) is 63.6 Å². The van der Waals surface area contributed by atoms with Gasteiger partial charge in [0.05, 0.1) is 7.11 Å².